The van der Waals surface area contributed by atoms with Crippen LogP contribution in [-0.2, 0) is 10.2 Å². The predicted molar refractivity (Wildman–Crippen MR) is 69.9 cm³/mol. The first kappa shape index (κ1) is 12.2. The maximum atomic E-state index is 12.6. The molecule has 92 valence electrons. The van der Waals surface area contributed by atoms with Crippen molar-refractivity contribution in [3.8, 4) is 0 Å². The summed E-state index contributed by atoms with van der Waals surface area (Å²) in [5.41, 5.74) is 0.948. The lowest BCUT2D eigenvalue weighted by Crippen LogP contribution is -2.51. The highest BCUT2D eigenvalue weighted by Crippen LogP contribution is 2.45. The number of carbonyl (C=O) groups is 1. The Morgan fingerprint density at radius 3 is 2.24 bits per heavy atom. The fourth-order valence-electron chi connectivity index (χ4n) is 2.49. The summed E-state index contributed by atoms with van der Waals surface area (Å²) >= 11 is 0. The van der Waals surface area contributed by atoms with Crippen molar-refractivity contribution in [3.05, 3.63) is 35.9 Å². The molecule has 1 aromatic rings. The average Bonchev–Trinajstić information content (AvgIpc) is 2.27. The van der Waals surface area contributed by atoms with Crippen LogP contribution in [0.3, 0.4) is 0 Å². The maximum absolute atomic E-state index is 12.6. The lowest BCUT2D eigenvalue weighted by atomic mass is 9.63. The van der Waals surface area contributed by atoms with Crippen LogP contribution < -0.4 is 0 Å². The van der Waals surface area contributed by atoms with Crippen molar-refractivity contribution in [3.63, 3.8) is 0 Å². The molecule has 0 saturated heterocycles. The van der Waals surface area contributed by atoms with E-state index in [0.717, 1.165) is 19.3 Å². The van der Waals surface area contributed by atoms with Crippen LogP contribution in [0.4, 0.5) is 0 Å². The van der Waals surface area contributed by atoms with Crippen molar-refractivity contribution in [1.82, 2.24) is 4.90 Å². The Bertz CT molecular complexity index is 393. The maximum Gasteiger partial charge on any atom is 0.233 e. The van der Waals surface area contributed by atoms with Gasteiger partial charge in [0, 0.05) is 13.1 Å². The van der Waals surface area contributed by atoms with Gasteiger partial charge in [-0.1, -0.05) is 36.8 Å². The van der Waals surface area contributed by atoms with Crippen LogP contribution in [0.2, 0.25) is 0 Å². The van der Waals surface area contributed by atoms with E-state index in [1.807, 2.05) is 30.1 Å². The van der Waals surface area contributed by atoms with Crippen molar-refractivity contribution in [2.45, 2.75) is 44.6 Å². The van der Waals surface area contributed by atoms with Crippen LogP contribution in [0.1, 0.15) is 38.7 Å². The third-order valence-corrected chi connectivity index (χ3v) is 4.04. The van der Waals surface area contributed by atoms with E-state index in [4.69, 9.17) is 0 Å². The van der Waals surface area contributed by atoms with Gasteiger partial charge in [-0.2, -0.15) is 0 Å². The second kappa shape index (κ2) is 4.52. The van der Waals surface area contributed by atoms with Gasteiger partial charge in [-0.15, -0.1) is 0 Å². The van der Waals surface area contributed by atoms with E-state index < -0.39 is 0 Å². The van der Waals surface area contributed by atoms with Crippen LogP contribution in [0.25, 0.3) is 0 Å². The molecule has 1 aromatic carbocycles. The SMILES string of the molecule is CC(C)N(C)C(=O)C1(c2ccccc2)CCC1. The van der Waals surface area contributed by atoms with Crippen molar-refractivity contribution < 1.29 is 4.79 Å². The second-order valence-corrected chi connectivity index (χ2v) is 5.31. The normalized spacial score (nSPS) is 17.6. The molecule has 17 heavy (non-hydrogen) atoms. The van der Waals surface area contributed by atoms with Crippen LogP contribution in [0, 0.1) is 0 Å². The van der Waals surface area contributed by atoms with E-state index in [1.54, 1.807) is 0 Å². The molecule has 0 radical (unpaired) electrons. The zero-order valence-electron chi connectivity index (χ0n) is 10.9. The van der Waals surface area contributed by atoms with Gasteiger partial charge in [-0.05, 0) is 32.3 Å². The van der Waals surface area contributed by atoms with Gasteiger partial charge in [-0.3, -0.25) is 4.79 Å². The van der Waals surface area contributed by atoms with E-state index in [1.165, 1.54) is 5.56 Å². The van der Waals surface area contributed by atoms with Crippen LogP contribution in [-0.4, -0.2) is 23.9 Å². The summed E-state index contributed by atoms with van der Waals surface area (Å²) in [6.45, 7) is 4.13. The number of amides is 1. The summed E-state index contributed by atoms with van der Waals surface area (Å²) < 4.78 is 0. The number of nitrogens with zero attached hydrogens (tertiary/aromatic N) is 1. The number of likely N-dealkylation sites (N-methyl/N-ethyl adjacent to an activating group) is 1. The van der Waals surface area contributed by atoms with Gasteiger partial charge in [0.25, 0.3) is 0 Å². The molecule has 1 amide bonds. The lowest BCUT2D eigenvalue weighted by Gasteiger charge is -2.44. The average molecular weight is 231 g/mol. The summed E-state index contributed by atoms with van der Waals surface area (Å²) in [6.07, 6.45) is 3.15. The third kappa shape index (κ3) is 1.97. The molecule has 0 aromatic heterocycles. The number of benzene rings is 1. The van der Waals surface area contributed by atoms with Crippen LogP contribution in [0.15, 0.2) is 30.3 Å². The van der Waals surface area contributed by atoms with Crippen molar-refractivity contribution in [2.75, 3.05) is 7.05 Å². The van der Waals surface area contributed by atoms with Crippen molar-refractivity contribution >= 4 is 5.91 Å². The fraction of sp³-hybridized carbons (Fsp3) is 0.533. The highest BCUT2D eigenvalue weighted by atomic mass is 16.2. The molecule has 0 unspecified atom stereocenters. The minimum absolute atomic E-state index is 0.236. The number of hydrogen-bond donors (Lipinski definition) is 0. The van der Waals surface area contributed by atoms with E-state index in [2.05, 4.69) is 26.0 Å². The monoisotopic (exact) mass is 231 g/mol. The molecule has 0 bridgehead atoms. The first-order valence-electron chi connectivity index (χ1n) is 6.41. The smallest absolute Gasteiger partial charge is 0.233 e. The highest BCUT2D eigenvalue weighted by molar-refractivity contribution is 5.89. The van der Waals surface area contributed by atoms with E-state index in [0.29, 0.717) is 0 Å². The van der Waals surface area contributed by atoms with E-state index in [9.17, 15) is 4.79 Å². The molecule has 1 aliphatic rings. The quantitative estimate of drug-likeness (QED) is 0.783. The molecule has 0 heterocycles. The fourth-order valence-corrected chi connectivity index (χ4v) is 2.49. The standard InChI is InChI=1S/C15H21NO/c1-12(2)16(3)14(17)15(10-7-11-15)13-8-5-4-6-9-13/h4-6,8-9,12H,7,10-11H2,1-3H3. The lowest BCUT2D eigenvalue weighted by molar-refractivity contribution is -0.141. The van der Waals surface area contributed by atoms with Crippen LogP contribution in [0.5, 0.6) is 0 Å². The molecule has 0 aliphatic heterocycles. The summed E-state index contributed by atoms with van der Waals surface area (Å²) in [5.74, 6) is 0.282. The Morgan fingerprint density at radius 2 is 1.82 bits per heavy atom. The van der Waals surface area contributed by atoms with Gasteiger partial charge >= 0.3 is 0 Å². The molecule has 1 aliphatic carbocycles. The summed E-state index contributed by atoms with van der Waals surface area (Å²) in [6, 6.07) is 10.5. The molecule has 2 nitrogen and oxygen atoms in total. The minimum Gasteiger partial charge on any atom is -0.343 e. The van der Waals surface area contributed by atoms with Gasteiger partial charge in [0.15, 0.2) is 0 Å². The number of carbonyl (C=O) groups excluding carboxylic acids is 1. The summed E-state index contributed by atoms with van der Waals surface area (Å²) in [7, 11) is 1.91. The molecule has 0 spiro atoms. The molecule has 0 N–H and O–H groups in total. The molecular weight excluding hydrogens is 210 g/mol. The van der Waals surface area contributed by atoms with Gasteiger partial charge in [-0.25, -0.2) is 0 Å². The Morgan fingerprint density at radius 1 is 1.24 bits per heavy atom. The molecular formula is C15H21NO. The second-order valence-electron chi connectivity index (χ2n) is 5.31. The first-order valence-corrected chi connectivity index (χ1v) is 6.41. The topological polar surface area (TPSA) is 20.3 Å². The van der Waals surface area contributed by atoms with Gasteiger partial charge in [0.2, 0.25) is 5.91 Å². The van der Waals surface area contributed by atoms with E-state index in [-0.39, 0.29) is 17.4 Å². The van der Waals surface area contributed by atoms with Crippen molar-refractivity contribution in [1.29, 1.82) is 0 Å². The Balaban J connectivity index is 2.30. The molecule has 1 saturated carbocycles. The Labute approximate surface area is 104 Å². The molecule has 2 heteroatoms. The van der Waals surface area contributed by atoms with Gasteiger partial charge in [0.05, 0.1) is 5.41 Å². The molecule has 0 atom stereocenters. The first-order chi connectivity index (χ1) is 8.08. The largest absolute Gasteiger partial charge is 0.343 e. The van der Waals surface area contributed by atoms with Crippen LogP contribution >= 0.6 is 0 Å². The summed E-state index contributed by atoms with van der Waals surface area (Å²) in [5, 5.41) is 0. The Hall–Kier alpha value is -1.31. The molecule has 1 fully saturated rings. The van der Waals surface area contributed by atoms with E-state index >= 15 is 0 Å². The Kier molecular flexibility index (Phi) is 3.23. The predicted octanol–water partition coefficient (Wildman–Crippen LogP) is 2.98. The molecule has 2 rings (SSSR count). The number of rotatable bonds is 3. The van der Waals surface area contributed by atoms with Crippen molar-refractivity contribution in [2.24, 2.45) is 0 Å². The van der Waals surface area contributed by atoms with Gasteiger partial charge < -0.3 is 4.90 Å². The third-order valence-electron chi connectivity index (χ3n) is 4.04. The van der Waals surface area contributed by atoms with Gasteiger partial charge in [0.1, 0.15) is 0 Å². The number of hydrogen-bond acceptors (Lipinski definition) is 1. The minimum atomic E-state index is -0.236. The summed E-state index contributed by atoms with van der Waals surface area (Å²) in [4.78, 5) is 14.5. The zero-order chi connectivity index (χ0) is 12.5. The highest BCUT2D eigenvalue weighted by Gasteiger charge is 2.47. The zero-order valence-corrected chi connectivity index (χ0v) is 10.9.